The summed E-state index contributed by atoms with van der Waals surface area (Å²) < 4.78 is 25.2. The minimum absolute atomic E-state index is 0.170. The molecule has 20 heavy (non-hydrogen) atoms. The van der Waals surface area contributed by atoms with Crippen LogP contribution in [-0.4, -0.2) is 31.6 Å². The summed E-state index contributed by atoms with van der Waals surface area (Å²) in [4.78, 5) is 0. The predicted octanol–water partition coefficient (Wildman–Crippen LogP) is 0.670. The molecular formula is C14H17N3O2S. The molecule has 0 fully saturated rings. The molecule has 0 bridgehead atoms. The van der Waals surface area contributed by atoms with Crippen molar-refractivity contribution in [3.8, 4) is 17.9 Å². The second kappa shape index (κ2) is 7.06. The number of nitrogens with zero attached hydrogens (tertiary/aromatic N) is 2. The molecule has 0 saturated carbocycles. The molecule has 6 heteroatoms. The third-order valence-corrected chi connectivity index (χ3v) is 4.80. The molecule has 0 aliphatic heterocycles. The molecule has 0 amide bonds. The summed E-state index contributed by atoms with van der Waals surface area (Å²) >= 11 is 0. The minimum Gasteiger partial charge on any atom is -0.320 e. The zero-order chi connectivity index (χ0) is 15.2. The van der Waals surface area contributed by atoms with Gasteiger partial charge in [0.15, 0.2) is 5.25 Å². The smallest absolute Gasteiger partial charge is 0.230 e. The van der Waals surface area contributed by atoms with Crippen LogP contribution in [-0.2, 0) is 16.6 Å². The third kappa shape index (κ3) is 3.82. The van der Waals surface area contributed by atoms with Gasteiger partial charge in [0.2, 0.25) is 10.0 Å². The molecule has 0 aliphatic rings. The molecule has 0 spiro atoms. The van der Waals surface area contributed by atoms with Crippen LogP contribution in [0.1, 0.15) is 18.1 Å². The van der Waals surface area contributed by atoms with Crippen LogP contribution >= 0.6 is 0 Å². The van der Waals surface area contributed by atoms with Crippen LogP contribution in [0.2, 0.25) is 0 Å². The van der Waals surface area contributed by atoms with Gasteiger partial charge in [0, 0.05) is 19.2 Å². The molecule has 5 nitrogen and oxygen atoms in total. The van der Waals surface area contributed by atoms with Crippen molar-refractivity contribution in [1.82, 2.24) is 4.31 Å². The van der Waals surface area contributed by atoms with Crippen molar-refractivity contribution in [3.63, 3.8) is 0 Å². The van der Waals surface area contributed by atoms with E-state index >= 15 is 0 Å². The molecular weight excluding hydrogens is 274 g/mol. The van der Waals surface area contributed by atoms with Crippen LogP contribution in [0, 0.1) is 23.2 Å². The molecule has 0 radical (unpaired) electrons. The zero-order valence-electron chi connectivity index (χ0n) is 11.5. The Labute approximate surface area is 120 Å². The first-order valence-electron chi connectivity index (χ1n) is 6.05. The number of rotatable bonds is 4. The van der Waals surface area contributed by atoms with E-state index in [2.05, 4.69) is 11.8 Å². The van der Waals surface area contributed by atoms with Gasteiger partial charge in [-0.1, -0.05) is 30.0 Å². The quantitative estimate of drug-likeness (QED) is 0.826. The Morgan fingerprint density at radius 1 is 1.40 bits per heavy atom. The van der Waals surface area contributed by atoms with Gasteiger partial charge in [0.05, 0.1) is 12.6 Å². The van der Waals surface area contributed by atoms with Crippen LogP contribution in [0.15, 0.2) is 24.3 Å². The Morgan fingerprint density at radius 3 is 2.65 bits per heavy atom. The lowest BCUT2D eigenvalue weighted by atomic mass is 10.1. The number of hydrogen-bond donors (Lipinski definition) is 1. The summed E-state index contributed by atoms with van der Waals surface area (Å²) in [6, 6.07) is 9.01. The summed E-state index contributed by atoms with van der Waals surface area (Å²) in [5, 5.41) is 7.69. The molecule has 1 atom stereocenters. The fourth-order valence-corrected chi connectivity index (χ4v) is 2.58. The summed E-state index contributed by atoms with van der Waals surface area (Å²) in [6.45, 7) is 1.78. The molecule has 0 saturated heterocycles. The number of benzene rings is 1. The highest BCUT2D eigenvalue weighted by molar-refractivity contribution is 7.89. The Kier molecular flexibility index (Phi) is 5.72. The lowest BCUT2D eigenvalue weighted by molar-refractivity contribution is 0.463. The van der Waals surface area contributed by atoms with Gasteiger partial charge < -0.3 is 5.73 Å². The molecule has 1 aromatic carbocycles. The van der Waals surface area contributed by atoms with E-state index in [9.17, 15) is 8.42 Å². The van der Waals surface area contributed by atoms with Crippen LogP contribution in [0.4, 0.5) is 0 Å². The van der Waals surface area contributed by atoms with Crippen molar-refractivity contribution in [2.24, 2.45) is 5.73 Å². The van der Waals surface area contributed by atoms with Gasteiger partial charge in [-0.2, -0.15) is 9.57 Å². The average molecular weight is 291 g/mol. The lowest BCUT2D eigenvalue weighted by Crippen LogP contribution is -2.33. The molecule has 106 valence electrons. The van der Waals surface area contributed by atoms with Crippen molar-refractivity contribution in [2.45, 2.75) is 18.7 Å². The van der Waals surface area contributed by atoms with Gasteiger partial charge >= 0.3 is 0 Å². The van der Waals surface area contributed by atoms with E-state index in [1.165, 1.54) is 18.3 Å². The standard InChI is InChI=1S/C14H17N3O2S/c1-12(10-16)20(18,19)17(2)11-14-7-4-3-6-13(14)8-5-9-15/h3-4,6-7,12H,9,11,15H2,1-2H3. The van der Waals surface area contributed by atoms with E-state index in [0.717, 1.165) is 11.1 Å². The average Bonchev–Trinajstić information content (AvgIpc) is 2.45. The van der Waals surface area contributed by atoms with Gasteiger partial charge in [0.25, 0.3) is 0 Å². The normalized spacial score (nSPS) is 12.3. The maximum Gasteiger partial charge on any atom is 0.230 e. The summed E-state index contributed by atoms with van der Waals surface area (Å²) in [6.07, 6.45) is 0. The molecule has 0 aromatic heterocycles. The summed E-state index contributed by atoms with van der Waals surface area (Å²) in [5.41, 5.74) is 6.86. The molecule has 0 heterocycles. The number of hydrogen-bond acceptors (Lipinski definition) is 4. The highest BCUT2D eigenvalue weighted by atomic mass is 32.2. The van der Waals surface area contributed by atoms with Crippen LogP contribution in [0.3, 0.4) is 0 Å². The minimum atomic E-state index is -3.63. The third-order valence-electron chi connectivity index (χ3n) is 2.80. The SMILES string of the molecule is CC(C#N)S(=O)(=O)N(C)Cc1ccccc1C#CCN. The topological polar surface area (TPSA) is 87.2 Å². The Hall–Kier alpha value is -1.86. The molecule has 1 rings (SSSR count). The van der Waals surface area contributed by atoms with Crippen LogP contribution in [0.25, 0.3) is 0 Å². The maximum atomic E-state index is 12.0. The van der Waals surface area contributed by atoms with E-state index in [1.54, 1.807) is 6.07 Å². The zero-order valence-corrected chi connectivity index (χ0v) is 12.3. The molecule has 0 aliphatic carbocycles. The predicted molar refractivity (Wildman–Crippen MR) is 77.8 cm³/mol. The first kappa shape index (κ1) is 16.2. The largest absolute Gasteiger partial charge is 0.320 e. The second-order valence-electron chi connectivity index (χ2n) is 4.24. The van der Waals surface area contributed by atoms with Crippen LogP contribution in [0.5, 0.6) is 0 Å². The van der Waals surface area contributed by atoms with E-state index < -0.39 is 15.3 Å². The lowest BCUT2D eigenvalue weighted by Gasteiger charge is -2.19. The van der Waals surface area contributed by atoms with Gasteiger partial charge in [-0.25, -0.2) is 8.42 Å². The van der Waals surface area contributed by atoms with E-state index in [-0.39, 0.29) is 13.1 Å². The van der Waals surface area contributed by atoms with Crippen molar-refractivity contribution in [1.29, 1.82) is 5.26 Å². The van der Waals surface area contributed by atoms with Gasteiger partial charge in [0.1, 0.15) is 0 Å². The van der Waals surface area contributed by atoms with Crippen LogP contribution < -0.4 is 5.73 Å². The van der Waals surface area contributed by atoms with Gasteiger partial charge in [-0.15, -0.1) is 0 Å². The molecule has 1 aromatic rings. The maximum absolute atomic E-state index is 12.0. The van der Waals surface area contributed by atoms with Crippen molar-refractivity contribution in [3.05, 3.63) is 35.4 Å². The summed E-state index contributed by atoms with van der Waals surface area (Å²) in [7, 11) is -2.17. The fourth-order valence-electron chi connectivity index (χ4n) is 1.59. The van der Waals surface area contributed by atoms with Crippen molar-refractivity contribution < 1.29 is 8.42 Å². The fraction of sp³-hybridized carbons (Fsp3) is 0.357. The Bertz CT molecular complexity index is 666. The van der Waals surface area contributed by atoms with E-state index in [4.69, 9.17) is 11.0 Å². The first-order valence-corrected chi connectivity index (χ1v) is 7.55. The van der Waals surface area contributed by atoms with Crippen molar-refractivity contribution >= 4 is 10.0 Å². The van der Waals surface area contributed by atoms with Crippen molar-refractivity contribution in [2.75, 3.05) is 13.6 Å². The first-order chi connectivity index (χ1) is 9.43. The van der Waals surface area contributed by atoms with E-state index in [0.29, 0.717) is 0 Å². The Morgan fingerprint density at radius 2 is 2.05 bits per heavy atom. The van der Waals surface area contributed by atoms with E-state index in [1.807, 2.05) is 24.3 Å². The van der Waals surface area contributed by atoms with Gasteiger partial charge in [-0.05, 0) is 18.6 Å². The summed E-state index contributed by atoms with van der Waals surface area (Å²) in [5.74, 6) is 5.66. The molecule has 2 N–H and O–H groups in total. The highest BCUT2D eigenvalue weighted by Crippen LogP contribution is 2.14. The monoisotopic (exact) mass is 291 g/mol. The highest BCUT2D eigenvalue weighted by Gasteiger charge is 2.26. The molecule has 1 unspecified atom stereocenters. The van der Waals surface area contributed by atoms with Gasteiger partial charge in [-0.3, -0.25) is 0 Å². The number of nitriles is 1. The Balaban J connectivity index is 3.03. The number of nitrogens with two attached hydrogens (primary N) is 1. The second-order valence-corrected chi connectivity index (χ2v) is 6.60. The number of sulfonamides is 1.